The second-order valence-corrected chi connectivity index (χ2v) is 3.49. The van der Waals surface area contributed by atoms with Gasteiger partial charge in [0.25, 0.3) is 0 Å². The molecule has 68 valence electrons. The minimum Gasteiger partial charge on any atom is -0.302 e. The van der Waals surface area contributed by atoms with Gasteiger partial charge in [-0.25, -0.2) is 0 Å². The Kier molecular flexibility index (Phi) is 5.35. The van der Waals surface area contributed by atoms with Crippen molar-refractivity contribution in [3.63, 3.8) is 0 Å². The highest BCUT2D eigenvalue weighted by Gasteiger charge is 2.09. The Morgan fingerprint density at radius 1 is 1.17 bits per heavy atom. The Bertz CT molecular complexity index is 175. The number of aldehydes is 1. The normalized spacial score (nSPS) is 12.9. The third-order valence-corrected chi connectivity index (χ3v) is 1.59. The van der Waals surface area contributed by atoms with Gasteiger partial charge in [0.05, 0.1) is 0 Å². The number of carbonyl (C=O) groups is 1. The Balaban J connectivity index is 3.68. The van der Waals surface area contributed by atoms with Gasteiger partial charge in [-0.1, -0.05) is 24.3 Å². The summed E-state index contributed by atoms with van der Waals surface area (Å²) in [5, 5.41) is 0. The highest BCUT2D eigenvalue weighted by Crippen LogP contribution is 2.13. The minimum atomic E-state index is -0.296. The largest absolute Gasteiger partial charge is 0.302 e. The van der Waals surface area contributed by atoms with Gasteiger partial charge in [0.15, 0.2) is 0 Å². The number of unbranched alkanes of at least 4 members (excludes halogenated alkanes) is 1. The smallest absolute Gasteiger partial charge is 0.129 e. The molecule has 0 aromatic heterocycles. The lowest BCUT2D eigenvalue weighted by atomic mass is 9.95. The van der Waals surface area contributed by atoms with Gasteiger partial charge >= 0.3 is 0 Å². The molecular weight excluding hydrogens is 148 g/mol. The topological polar surface area (TPSA) is 17.1 Å². The Morgan fingerprint density at radius 2 is 1.75 bits per heavy atom. The zero-order valence-electron chi connectivity index (χ0n) is 8.21. The predicted octanol–water partition coefficient (Wildman–Crippen LogP) is 3.12. The molecule has 0 saturated carbocycles. The van der Waals surface area contributed by atoms with Gasteiger partial charge in [-0.15, -0.1) is 0 Å². The van der Waals surface area contributed by atoms with E-state index >= 15 is 0 Å². The molecule has 0 aliphatic carbocycles. The van der Waals surface area contributed by atoms with Crippen LogP contribution in [0.3, 0.4) is 0 Å². The summed E-state index contributed by atoms with van der Waals surface area (Å²) in [7, 11) is 0. The van der Waals surface area contributed by atoms with Crippen molar-refractivity contribution < 1.29 is 4.79 Å². The molecule has 0 fully saturated rings. The predicted molar refractivity (Wildman–Crippen MR) is 53.0 cm³/mol. The first-order valence-electron chi connectivity index (χ1n) is 4.37. The first-order chi connectivity index (χ1) is 5.62. The van der Waals surface area contributed by atoms with Gasteiger partial charge in [0.2, 0.25) is 0 Å². The van der Waals surface area contributed by atoms with Gasteiger partial charge < -0.3 is 4.79 Å². The van der Waals surface area contributed by atoms with E-state index in [9.17, 15) is 4.79 Å². The summed E-state index contributed by atoms with van der Waals surface area (Å²) >= 11 is 0. The van der Waals surface area contributed by atoms with E-state index < -0.39 is 0 Å². The molecule has 0 amide bonds. The molecule has 12 heavy (non-hydrogen) atoms. The van der Waals surface area contributed by atoms with Crippen LogP contribution in [0.25, 0.3) is 0 Å². The van der Waals surface area contributed by atoms with Crippen LogP contribution in [0.2, 0.25) is 0 Å². The van der Waals surface area contributed by atoms with Gasteiger partial charge in [-0.3, -0.25) is 0 Å². The highest BCUT2D eigenvalue weighted by atomic mass is 16.1. The molecule has 0 atom stereocenters. The number of allylic oxidation sites excluding steroid dienone is 4. The molecule has 1 heteroatoms. The van der Waals surface area contributed by atoms with Crippen LogP contribution in [0, 0.1) is 5.41 Å². The van der Waals surface area contributed by atoms with E-state index in [-0.39, 0.29) is 5.41 Å². The average molecular weight is 166 g/mol. The Labute approximate surface area is 75.2 Å². The maximum absolute atomic E-state index is 10.5. The molecule has 0 unspecified atom stereocenters. The lowest BCUT2D eigenvalue weighted by Crippen LogP contribution is -2.07. The van der Waals surface area contributed by atoms with Gasteiger partial charge in [-0.05, 0) is 33.6 Å². The summed E-state index contributed by atoms with van der Waals surface area (Å²) in [5.74, 6) is 0. The van der Waals surface area contributed by atoms with Crippen molar-refractivity contribution in [2.75, 3.05) is 0 Å². The fourth-order valence-electron chi connectivity index (χ4n) is 0.785. The van der Waals surface area contributed by atoms with Crippen molar-refractivity contribution in [3.8, 4) is 0 Å². The summed E-state index contributed by atoms with van der Waals surface area (Å²) in [6, 6.07) is 0. The quantitative estimate of drug-likeness (QED) is 0.348. The SMILES string of the molecule is CC=CCCC=CC(C)(C)C=O. The van der Waals surface area contributed by atoms with E-state index in [1.54, 1.807) is 0 Å². The van der Waals surface area contributed by atoms with Gasteiger partial charge in [0, 0.05) is 5.41 Å². The molecule has 0 heterocycles. The monoisotopic (exact) mass is 166 g/mol. The maximum Gasteiger partial charge on any atom is 0.129 e. The molecule has 0 aliphatic heterocycles. The third kappa shape index (κ3) is 5.90. The van der Waals surface area contributed by atoms with Crippen LogP contribution in [-0.2, 0) is 4.79 Å². The van der Waals surface area contributed by atoms with Crippen LogP contribution < -0.4 is 0 Å². The van der Waals surface area contributed by atoms with Crippen molar-refractivity contribution in [1.29, 1.82) is 0 Å². The summed E-state index contributed by atoms with van der Waals surface area (Å²) in [6.07, 6.45) is 11.2. The van der Waals surface area contributed by atoms with Gasteiger partial charge in [0.1, 0.15) is 6.29 Å². The second kappa shape index (κ2) is 5.76. The molecule has 0 saturated heterocycles. The number of hydrogen-bond donors (Lipinski definition) is 0. The molecule has 0 N–H and O–H groups in total. The van der Waals surface area contributed by atoms with Crippen LogP contribution in [-0.4, -0.2) is 6.29 Å². The molecule has 1 nitrogen and oxygen atoms in total. The summed E-state index contributed by atoms with van der Waals surface area (Å²) in [6.45, 7) is 5.83. The van der Waals surface area contributed by atoms with Crippen molar-refractivity contribution in [3.05, 3.63) is 24.3 Å². The fourth-order valence-corrected chi connectivity index (χ4v) is 0.785. The first-order valence-corrected chi connectivity index (χ1v) is 4.37. The first kappa shape index (κ1) is 11.2. The summed E-state index contributed by atoms with van der Waals surface area (Å²) in [4.78, 5) is 10.5. The van der Waals surface area contributed by atoms with Crippen LogP contribution in [0.15, 0.2) is 24.3 Å². The lowest BCUT2D eigenvalue weighted by Gasteiger charge is -2.08. The maximum atomic E-state index is 10.5. The number of carbonyl (C=O) groups excluding carboxylic acids is 1. The summed E-state index contributed by atoms with van der Waals surface area (Å²) in [5.41, 5.74) is -0.296. The second-order valence-electron chi connectivity index (χ2n) is 3.49. The van der Waals surface area contributed by atoms with Crippen molar-refractivity contribution in [2.24, 2.45) is 5.41 Å². The molecule has 0 aromatic rings. The lowest BCUT2D eigenvalue weighted by molar-refractivity contribution is -0.112. The Morgan fingerprint density at radius 3 is 2.25 bits per heavy atom. The molecule has 0 radical (unpaired) electrons. The van der Waals surface area contributed by atoms with E-state index in [1.807, 2.05) is 32.9 Å². The fraction of sp³-hybridized carbons (Fsp3) is 0.545. The Hall–Kier alpha value is -0.850. The highest BCUT2D eigenvalue weighted by molar-refractivity contribution is 5.61. The van der Waals surface area contributed by atoms with E-state index in [0.717, 1.165) is 19.1 Å². The van der Waals surface area contributed by atoms with Crippen LogP contribution in [0.1, 0.15) is 33.6 Å². The van der Waals surface area contributed by atoms with E-state index in [1.165, 1.54) is 0 Å². The molecule has 0 aliphatic rings. The van der Waals surface area contributed by atoms with Gasteiger partial charge in [-0.2, -0.15) is 0 Å². The molecule has 0 spiro atoms. The van der Waals surface area contributed by atoms with E-state index in [4.69, 9.17) is 0 Å². The molecule has 0 bridgehead atoms. The van der Waals surface area contributed by atoms with Crippen molar-refractivity contribution in [2.45, 2.75) is 33.6 Å². The van der Waals surface area contributed by atoms with E-state index in [2.05, 4.69) is 12.2 Å². The molecular formula is C11H18O. The van der Waals surface area contributed by atoms with Crippen molar-refractivity contribution >= 4 is 6.29 Å². The molecule has 0 rings (SSSR count). The van der Waals surface area contributed by atoms with Crippen LogP contribution in [0.4, 0.5) is 0 Å². The summed E-state index contributed by atoms with van der Waals surface area (Å²) < 4.78 is 0. The average Bonchev–Trinajstić information content (AvgIpc) is 2.04. The molecule has 0 aromatic carbocycles. The van der Waals surface area contributed by atoms with Crippen molar-refractivity contribution in [1.82, 2.24) is 0 Å². The van der Waals surface area contributed by atoms with E-state index in [0.29, 0.717) is 0 Å². The standard InChI is InChI=1S/C11H18O/c1-4-5-6-7-8-9-11(2,3)10-12/h4-5,8-10H,6-7H2,1-3H3. The van der Waals surface area contributed by atoms with Crippen LogP contribution >= 0.6 is 0 Å². The minimum absolute atomic E-state index is 0.296. The number of rotatable bonds is 5. The zero-order chi connectivity index (χ0) is 9.45. The zero-order valence-corrected chi connectivity index (χ0v) is 8.21. The van der Waals surface area contributed by atoms with Crippen LogP contribution in [0.5, 0.6) is 0 Å². The third-order valence-electron chi connectivity index (χ3n) is 1.59. The number of hydrogen-bond acceptors (Lipinski definition) is 1.